The number of nitrogen functional groups attached to an aromatic ring is 1. The minimum atomic E-state index is -3.77. The molecule has 14 heteroatoms. The number of halogens is 2. The quantitative estimate of drug-likeness (QED) is 0.276. The van der Waals surface area contributed by atoms with Crippen molar-refractivity contribution in [3.8, 4) is 11.5 Å². The van der Waals surface area contributed by atoms with Crippen LogP contribution in [0.1, 0.15) is 63.7 Å². The third-order valence-electron chi connectivity index (χ3n) is 10.4. The maximum atomic E-state index is 14.4. The van der Waals surface area contributed by atoms with E-state index in [-0.39, 0.29) is 45.3 Å². The molecule has 1 aromatic heterocycles. The highest BCUT2D eigenvalue weighted by Gasteiger charge is 2.46. The van der Waals surface area contributed by atoms with Crippen LogP contribution in [0.3, 0.4) is 0 Å². The zero-order valence-corrected chi connectivity index (χ0v) is 30.0. The smallest absolute Gasteiger partial charge is 0.258 e. The third kappa shape index (κ3) is 7.42. The van der Waals surface area contributed by atoms with Gasteiger partial charge in [0, 0.05) is 50.2 Å². The van der Waals surface area contributed by atoms with Gasteiger partial charge in [-0.3, -0.25) is 4.79 Å². The van der Waals surface area contributed by atoms with Crippen molar-refractivity contribution < 1.29 is 26.7 Å². The normalized spacial score (nSPS) is 18.8. The zero-order valence-electron chi connectivity index (χ0n) is 29.2. The van der Waals surface area contributed by atoms with Gasteiger partial charge in [-0.1, -0.05) is 0 Å². The van der Waals surface area contributed by atoms with Crippen LogP contribution < -0.4 is 15.4 Å². The Hall–Kier alpha value is -3.88. The molecule has 4 heterocycles. The second kappa shape index (κ2) is 14.4. The minimum Gasteiger partial charge on any atom is -0.451 e. The Morgan fingerprint density at radius 1 is 1.00 bits per heavy atom. The molecule has 3 aliphatic rings. The third-order valence-corrected chi connectivity index (χ3v) is 12.3. The van der Waals surface area contributed by atoms with Crippen LogP contribution in [0.4, 0.5) is 20.3 Å². The van der Waals surface area contributed by atoms with Gasteiger partial charge in [0.25, 0.3) is 5.91 Å². The fraction of sp³-hybridized carbons (Fsp3) is 0.528. The van der Waals surface area contributed by atoms with E-state index in [9.17, 15) is 22.0 Å². The van der Waals surface area contributed by atoms with Crippen LogP contribution in [0.25, 0.3) is 0 Å². The molecule has 0 aliphatic carbocycles. The number of anilines is 2. The molecule has 1 spiro atoms. The Balaban J connectivity index is 1.03. The molecule has 11 nitrogen and oxygen atoms in total. The van der Waals surface area contributed by atoms with Crippen molar-refractivity contribution in [1.29, 1.82) is 0 Å². The van der Waals surface area contributed by atoms with E-state index in [0.717, 1.165) is 64.5 Å². The number of carbonyl (C=O) groups excluding carboxylic acids is 1. The Labute approximate surface area is 293 Å². The van der Waals surface area contributed by atoms with Crippen LogP contribution in [-0.2, 0) is 10.0 Å². The van der Waals surface area contributed by atoms with Gasteiger partial charge in [-0.25, -0.2) is 27.2 Å². The molecule has 6 rings (SSSR count). The van der Waals surface area contributed by atoms with Crippen molar-refractivity contribution in [2.24, 2.45) is 11.3 Å². The molecule has 3 saturated heterocycles. The van der Waals surface area contributed by atoms with E-state index in [1.165, 1.54) is 41.0 Å². The standard InChI is InChI=1S/C36H47F2N7O4S/c1-24(2)45(25(3)4)35(46)29-17-27(37)5-8-32(29)49-33-19-40-23-41-34(33)43-21-36(22-43)11-15-42(16-12-36)20-26-9-13-44(14-10-26)50(47,48)28-6-7-31(39)30(38)18-28/h5-8,17-19,23-26H,9-16,20-22,39H2,1-4H3. The van der Waals surface area contributed by atoms with Crippen molar-refractivity contribution >= 4 is 27.4 Å². The maximum absolute atomic E-state index is 14.4. The fourth-order valence-electron chi connectivity index (χ4n) is 7.66. The van der Waals surface area contributed by atoms with Crippen molar-refractivity contribution in [1.82, 2.24) is 24.1 Å². The van der Waals surface area contributed by atoms with Crippen LogP contribution in [0, 0.1) is 23.0 Å². The average molecular weight is 712 g/mol. The van der Waals surface area contributed by atoms with Gasteiger partial charge in [-0.05, 0) is 109 Å². The molecule has 0 radical (unpaired) electrons. The van der Waals surface area contributed by atoms with Crippen molar-refractivity contribution in [3.63, 3.8) is 0 Å². The Morgan fingerprint density at radius 2 is 1.68 bits per heavy atom. The fourth-order valence-corrected chi connectivity index (χ4v) is 9.14. The van der Waals surface area contributed by atoms with E-state index in [0.29, 0.717) is 30.6 Å². The number of ether oxygens (including phenoxy) is 1. The summed E-state index contributed by atoms with van der Waals surface area (Å²) in [5.41, 5.74) is 5.77. The van der Waals surface area contributed by atoms with E-state index in [1.54, 1.807) is 11.1 Å². The number of rotatable bonds is 10. The van der Waals surface area contributed by atoms with E-state index in [4.69, 9.17) is 10.5 Å². The van der Waals surface area contributed by atoms with Gasteiger partial charge in [0.1, 0.15) is 23.7 Å². The molecule has 0 bridgehead atoms. The van der Waals surface area contributed by atoms with Gasteiger partial charge in [0.15, 0.2) is 11.6 Å². The number of piperidine rings is 2. The van der Waals surface area contributed by atoms with Gasteiger partial charge in [0.2, 0.25) is 10.0 Å². The second-order valence-electron chi connectivity index (χ2n) is 14.5. The Morgan fingerprint density at radius 3 is 2.32 bits per heavy atom. The molecule has 50 heavy (non-hydrogen) atoms. The van der Waals surface area contributed by atoms with E-state index < -0.39 is 21.7 Å². The van der Waals surface area contributed by atoms with Gasteiger partial charge >= 0.3 is 0 Å². The van der Waals surface area contributed by atoms with E-state index >= 15 is 0 Å². The monoisotopic (exact) mass is 711 g/mol. The van der Waals surface area contributed by atoms with E-state index in [2.05, 4.69) is 19.8 Å². The predicted molar refractivity (Wildman–Crippen MR) is 188 cm³/mol. The van der Waals surface area contributed by atoms with Crippen molar-refractivity contribution in [2.45, 2.75) is 70.4 Å². The highest BCUT2D eigenvalue weighted by atomic mass is 32.2. The molecule has 0 unspecified atom stereocenters. The first-order valence-corrected chi connectivity index (χ1v) is 18.8. The summed E-state index contributed by atoms with van der Waals surface area (Å²) in [4.78, 5) is 28.6. The first-order valence-electron chi connectivity index (χ1n) is 17.4. The largest absolute Gasteiger partial charge is 0.451 e. The lowest BCUT2D eigenvalue weighted by Gasteiger charge is -2.54. The molecule has 3 aliphatic heterocycles. The number of sulfonamides is 1. The number of nitrogens with two attached hydrogens (primary N) is 1. The molecule has 2 N–H and O–H groups in total. The van der Waals surface area contributed by atoms with Crippen molar-refractivity contribution in [3.05, 3.63) is 66.1 Å². The van der Waals surface area contributed by atoms with Crippen LogP contribution in [0.15, 0.2) is 53.8 Å². The van der Waals surface area contributed by atoms with Gasteiger partial charge < -0.3 is 25.2 Å². The van der Waals surface area contributed by atoms with Crippen LogP contribution in [-0.4, -0.2) is 96.3 Å². The average Bonchev–Trinajstić information content (AvgIpc) is 3.06. The summed E-state index contributed by atoms with van der Waals surface area (Å²) in [6.07, 6.45) is 6.67. The molecule has 3 aromatic rings. The molecular weight excluding hydrogens is 665 g/mol. The maximum Gasteiger partial charge on any atom is 0.258 e. The highest BCUT2D eigenvalue weighted by molar-refractivity contribution is 7.89. The summed E-state index contributed by atoms with van der Waals surface area (Å²) >= 11 is 0. The highest BCUT2D eigenvalue weighted by Crippen LogP contribution is 2.45. The Bertz CT molecular complexity index is 1790. The molecule has 1 amide bonds. The first-order chi connectivity index (χ1) is 23.8. The van der Waals surface area contributed by atoms with Crippen molar-refractivity contribution in [2.75, 3.05) is 56.4 Å². The summed E-state index contributed by atoms with van der Waals surface area (Å²) < 4.78 is 62.2. The summed E-state index contributed by atoms with van der Waals surface area (Å²) in [5, 5.41) is 0. The SMILES string of the molecule is CC(C)N(C(=O)c1cc(F)ccc1Oc1cncnc1N1CC2(CCN(CC3CCN(S(=O)(=O)c4ccc(N)c(F)c4)CC3)CC2)C1)C(C)C. The topological polar surface area (TPSA) is 125 Å². The van der Waals surface area contributed by atoms with Gasteiger partial charge in [0.05, 0.1) is 22.3 Å². The van der Waals surface area contributed by atoms with E-state index in [1.807, 2.05) is 27.7 Å². The summed E-state index contributed by atoms with van der Waals surface area (Å²) in [6, 6.07) is 7.48. The summed E-state index contributed by atoms with van der Waals surface area (Å²) in [6.45, 7) is 13.0. The predicted octanol–water partition coefficient (Wildman–Crippen LogP) is 5.39. The number of hydrogen-bond acceptors (Lipinski definition) is 9. The second-order valence-corrected chi connectivity index (χ2v) is 16.5. The van der Waals surface area contributed by atoms with Crippen LogP contribution in [0.5, 0.6) is 11.5 Å². The molecule has 0 atom stereocenters. The molecule has 3 fully saturated rings. The number of hydrogen-bond donors (Lipinski definition) is 1. The lowest BCUT2D eigenvalue weighted by molar-refractivity contribution is 0.0610. The first kappa shape index (κ1) is 35.9. The van der Waals surface area contributed by atoms with Crippen LogP contribution >= 0.6 is 0 Å². The van der Waals surface area contributed by atoms with Gasteiger partial charge in [-0.15, -0.1) is 0 Å². The minimum absolute atomic E-state index is 0.0610. The number of nitrogens with zero attached hydrogens (tertiary/aromatic N) is 6. The molecular formula is C36H47F2N7O4S. The number of amides is 1. The molecule has 2 aromatic carbocycles. The number of aromatic nitrogens is 2. The van der Waals surface area contributed by atoms with Gasteiger partial charge in [-0.2, -0.15) is 4.31 Å². The lowest BCUT2D eigenvalue weighted by atomic mass is 9.72. The number of likely N-dealkylation sites (tertiary alicyclic amines) is 1. The number of carbonyl (C=O) groups is 1. The summed E-state index contributed by atoms with van der Waals surface area (Å²) in [5.74, 6) is 0.164. The molecule has 270 valence electrons. The summed E-state index contributed by atoms with van der Waals surface area (Å²) in [7, 11) is -3.77. The zero-order chi connectivity index (χ0) is 35.8. The number of benzene rings is 2. The lowest BCUT2D eigenvalue weighted by Crippen LogP contribution is -2.61. The Kier molecular flexibility index (Phi) is 10.3. The van der Waals surface area contributed by atoms with Crippen LogP contribution in [0.2, 0.25) is 0 Å². The molecule has 0 saturated carbocycles.